The Labute approximate surface area is 221 Å². The van der Waals surface area contributed by atoms with E-state index >= 15 is 0 Å². The molecule has 0 unspecified atom stereocenters. The maximum Gasteiger partial charge on any atom is 0.331 e. The summed E-state index contributed by atoms with van der Waals surface area (Å²) in [6, 6.07) is 5.20. The highest BCUT2D eigenvalue weighted by Gasteiger charge is 2.22. The number of aryl methyl sites for hydroxylation is 1. The molecule has 0 bridgehead atoms. The molecule has 0 spiro atoms. The van der Waals surface area contributed by atoms with Gasteiger partial charge >= 0.3 is 5.69 Å². The van der Waals surface area contributed by atoms with Gasteiger partial charge < -0.3 is 10.1 Å². The summed E-state index contributed by atoms with van der Waals surface area (Å²) >= 11 is 7.80. The zero-order chi connectivity index (χ0) is 26.3. The number of thiophene rings is 1. The number of piperidine rings is 1. The zero-order valence-electron chi connectivity index (χ0n) is 20.8. The summed E-state index contributed by atoms with van der Waals surface area (Å²) in [7, 11) is 0. The Hall–Kier alpha value is -3.08. The highest BCUT2D eigenvalue weighted by molar-refractivity contribution is 7.19. The van der Waals surface area contributed by atoms with Gasteiger partial charge in [0.05, 0.1) is 28.7 Å². The lowest BCUT2D eigenvalue weighted by atomic mass is 10.0. The minimum absolute atomic E-state index is 0.0339. The Kier molecular flexibility index (Phi) is 7.15. The maximum atomic E-state index is 14.3. The molecule has 11 heteroatoms. The molecule has 0 amide bonds. The Morgan fingerprint density at radius 1 is 1.27 bits per heavy atom. The summed E-state index contributed by atoms with van der Waals surface area (Å²) in [5, 5.41) is 3.93. The molecule has 1 aliphatic rings. The van der Waals surface area contributed by atoms with Gasteiger partial charge in [0.2, 0.25) is 5.82 Å². The van der Waals surface area contributed by atoms with Crippen LogP contribution < -0.4 is 21.3 Å². The van der Waals surface area contributed by atoms with E-state index < -0.39 is 17.1 Å². The monoisotopic (exact) mass is 543 g/mol. The van der Waals surface area contributed by atoms with Crippen molar-refractivity contribution in [3.8, 4) is 17.0 Å². The first kappa shape index (κ1) is 25.6. The Bertz CT molecular complexity index is 1590. The van der Waals surface area contributed by atoms with Crippen LogP contribution in [-0.2, 0) is 6.54 Å². The van der Waals surface area contributed by atoms with E-state index in [0.717, 1.165) is 52.5 Å². The molecule has 194 valence electrons. The molecule has 0 aliphatic carbocycles. The van der Waals surface area contributed by atoms with Crippen LogP contribution in [0.2, 0.25) is 5.02 Å². The summed E-state index contributed by atoms with van der Waals surface area (Å²) in [6.07, 6.45) is 4.46. The summed E-state index contributed by atoms with van der Waals surface area (Å²) in [5.41, 5.74) is 1.44. The van der Waals surface area contributed by atoms with E-state index in [1.54, 1.807) is 19.9 Å². The number of fused-ring (bicyclic) bond motifs is 1. The van der Waals surface area contributed by atoms with Gasteiger partial charge in [-0.05, 0) is 63.9 Å². The SMILES string of the molecule is Cc1cc(Cl)cc(-c2ncnc3cc(Cn4c(=O)c(F)cn(C(C)C)c4=O)sc23)c1O[C@H]1CCCNC1. The number of benzene rings is 1. The van der Waals surface area contributed by atoms with Crippen LogP contribution in [0.1, 0.15) is 43.2 Å². The Morgan fingerprint density at radius 3 is 2.81 bits per heavy atom. The summed E-state index contributed by atoms with van der Waals surface area (Å²) in [4.78, 5) is 35.0. The number of rotatable bonds is 6. The predicted octanol–water partition coefficient (Wildman–Crippen LogP) is 4.54. The predicted molar refractivity (Wildman–Crippen MR) is 144 cm³/mol. The highest BCUT2D eigenvalue weighted by atomic mass is 35.5. The second kappa shape index (κ2) is 10.4. The van der Waals surface area contributed by atoms with E-state index in [1.807, 2.05) is 19.1 Å². The fourth-order valence-electron chi connectivity index (χ4n) is 4.58. The fourth-order valence-corrected chi connectivity index (χ4v) is 5.95. The average Bonchev–Trinajstić information content (AvgIpc) is 3.29. The molecule has 1 aliphatic heterocycles. The Morgan fingerprint density at radius 2 is 2.08 bits per heavy atom. The van der Waals surface area contributed by atoms with E-state index in [1.165, 1.54) is 22.2 Å². The van der Waals surface area contributed by atoms with Crippen molar-refractivity contribution >= 4 is 33.2 Å². The molecule has 1 atom stereocenters. The van der Waals surface area contributed by atoms with E-state index in [4.69, 9.17) is 16.3 Å². The van der Waals surface area contributed by atoms with Gasteiger partial charge in [-0.3, -0.25) is 13.9 Å². The first-order valence-electron chi connectivity index (χ1n) is 12.2. The van der Waals surface area contributed by atoms with E-state index in [9.17, 15) is 14.0 Å². The number of nitrogens with zero attached hydrogens (tertiary/aromatic N) is 4. The van der Waals surface area contributed by atoms with Gasteiger partial charge in [-0.2, -0.15) is 4.39 Å². The van der Waals surface area contributed by atoms with Gasteiger partial charge in [0.25, 0.3) is 5.56 Å². The van der Waals surface area contributed by atoms with Gasteiger partial charge in [-0.25, -0.2) is 14.8 Å². The molecule has 1 saturated heterocycles. The van der Waals surface area contributed by atoms with Crippen LogP contribution in [0, 0.1) is 12.7 Å². The first-order chi connectivity index (χ1) is 17.7. The van der Waals surface area contributed by atoms with Gasteiger partial charge in [-0.1, -0.05) is 11.6 Å². The summed E-state index contributed by atoms with van der Waals surface area (Å²) in [5.74, 6) is -0.252. The standard InChI is InChI=1S/C26H27ClFN5O3S/c1-14(2)32-12-20(28)25(34)33(26(32)35)11-18-9-21-24(37-18)22(31-13-30-21)19-8-16(27)7-15(3)23(19)36-17-5-4-6-29-10-17/h7-9,12-14,17,29H,4-6,10-11H2,1-3H3/t17-/m0/s1. The summed E-state index contributed by atoms with van der Waals surface area (Å²) in [6.45, 7) is 7.14. The highest BCUT2D eigenvalue weighted by Crippen LogP contribution is 2.40. The molecule has 8 nitrogen and oxygen atoms in total. The molecule has 1 fully saturated rings. The van der Waals surface area contributed by atoms with Crippen LogP contribution in [0.15, 0.2) is 40.3 Å². The second-order valence-corrected chi connectivity index (χ2v) is 11.1. The molecule has 0 radical (unpaired) electrons. The zero-order valence-corrected chi connectivity index (χ0v) is 22.3. The molecule has 3 aromatic heterocycles. The van der Waals surface area contributed by atoms with Crippen molar-refractivity contribution in [2.75, 3.05) is 13.1 Å². The van der Waals surface area contributed by atoms with Crippen LogP contribution in [0.5, 0.6) is 5.75 Å². The maximum absolute atomic E-state index is 14.3. The van der Waals surface area contributed by atoms with Gasteiger partial charge in [0.15, 0.2) is 0 Å². The fraction of sp³-hybridized carbons (Fsp3) is 0.385. The van der Waals surface area contributed by atoms with Crippen LogP contribution in [0.3, 0.4) is 0 Å². The smallest absolute Gasteiger partial charge is 0.331 e. The van der Waals surface area contributed by atoms with Gasteiger partial charge in [-0.15, -0.1) is 11.3 Å². The van der Waals surface area contributed by atoms with E-state index in [-0.39, 0.29) is 18.7 Å². The van der Waals surface area contributed by atoms with Crippen molar-refractivity contribution in [2.45, 2.75) is 52.3 Å². The van der Waals surface area contributed by atoms with Crippen LogP contribution in [-0.4, -0.2) is 38.3 Å². The van der Waals surface area contributed by atoms with Crippen molar-refractivity contribution in [3.63, 3.8) is 0 Å². The van der Waals surface area contributed by atoms with Crippen LogP contribution >= 0.6 is 22.9 Å². The largest absolute Gasteiger partial charge is 0.488 e. The second-order valence-electron chi connectivity index (χ2n) is 9.49. The van der Waals surface area contributed by atoms with Crippen molar-refractivity contribution in [1.82, 2.24) is 24.4 Å². The van der Waals surface area contributed by atoms with Crippen LogP contribution in [0.25, 0.3) is 21.5 Å². The molecule has 0 saturated carbocycles. The number of hydrogen-bond donors (Lipinski definition) is 1. The minimum atomic E-state index is -0.969. The van der Waals surface area contributed by atoms with Crippen LogP contribution in [0.4, 0.5) is 4.39 Å². The lowest BCUT2D eigenvalue weighted by Crippen LogP contribution is -2.41. The number of ether oxygens (including phenoxy) is 1. The van der Waals surface area contributed by atoms with Crippen molar-refractivity contribution < 1.29 is 9.13 Å². The van der Waals surface area contributed by atoms with Crippen molar-refractivity contribution in [3.05, 3.63) is 72.8 Å². The van der Waals surface area contributed by atoms with Gasteiger partial charge in [0.1, 0.15) is 18.2 Å². The molecule has 4 aromatic rings. The molecule has 1 aromatic carbocycles. The Balaban J connectivity index is 1.59. The van der Waals surface area contributed by atoms with Crippen molar-refractivity contribution in [2.24, 2.45) is 0 Å². The van der Waals surface area contributed by atoms with Crippen molar-refractivity contribution in [1.29, 1.82) is 0 Å². The molecule has 37 heavy (non-hydrogen) atoms. The third-order valence-corrected chi connectivity index (χ3v) is 7.75. The summed E-state index contributed by atoms with van der Waals surface area (Å²) < 4.78 is 23.7. The normalized spacial score (nSPS) is 16.0. The number of aromatic nitrogens is 4. The molecular weight excluding hydrogens is 517 g/mol. The molecule has 4 heterocycles. The minimum Gasteiger partial charge on any atom is -0.488 e. The van der Waals surface area contributed by atoms with E-state index in [0.29, 0.717) is 26.9 Å². The molecular formula is C26H27ClFN5O3S. The quantitative estimate of drug-likeness (QED) is 0.384. The number of halogens is 2. The average molecular weight is 544 g/mol. The molecule has 5 rings (SSSR count). The molecule has 1 N–H and O–H groups in total. The lowest BCUT2D eigenvalue weighted by molar-refractivity contribution is 0.167. The first-order valence-corrected chi connectivity index (χ1v) is 13.3. The van der Waals surface area contributed by atoms with Gasteiger partial charge in [0, 0.05) is 28.0 Å². The van der Waals surface area contributed by atoms with E-state index in [2.05, 4.69) is 15.3 Å². The third-order valence-electron chi connectivity index (χ3n) is 6.42. The number of nitrogens with one attached hydrogen (secondary N) is 1. The number of hydrogen-bond acceptors (Lipinski definition) is 7. The third kappa shape index (κ3) is 5.05. The topological polar surface area (TPSA) is 91.0 Å². The lowest BCUT2D eigenvalue weighted by Gasteiger charge is -2.26.